The summed E-state index contributed by atoms with van der Waals surface area (Å²) in [4.78, 5) is 40.1. The first kappa shape index (κ1) is 21.5. The van der Waals surface area contributed by atoms with Crippen LogP contribution in [0.3, 0.4) is 0 Å². The monoisotopic (exact) mass is 443 g/mol. The summed E-state index contributed by atoms with van der Waals surface area (Å²) in [6.07, 6.45) is 15.1. The van der Waals surface area contributed by atoms with E-state index in [9.17, 15) is 14.6 Å². The average molecular weight is 444 g/mol. The van der Waals surface area contributed by atoms with E-state index in [0.717, 1.165) is 18.4 Å². The summed E-state index contributed by atoms with van der Waals surface area (Å²) < 4.78 is 1.85. The molecule has 1 aromatic carbocycles. The summed E-state index contributed by atoms with van der Waals surface area (Å²) in [7, 11) is -2.52. The summed E-state index contributed by atoms with van der Waals surface area (Å²) in [5.41, 5.74) is 1.06. The van der Waals surface area contributed by atoms with E-state index < -0.39 is 8.38 Å². The third-order valence-electron chi connectivity index (χ3n) is 7.83. The van der Waals surface area contributed by atoms with Crippen molar-refractivity contribution in [3.63, 3.8) is 0 Å². The maximum atomic E-state index is 13.3. The minimum atomic E-state index is -2.52. The molecule has 0 spiro atoms. The number of aromatic nitrogens is 2. The van der Waals surface area contributed by atoms with E-state index in [1.807, 2.05) is 28.8 Å². The first-order valence-corrected chi connectivity index (χ1v) is 13.3. The lowest BCUT2D eigenvalue weighted by Crippen LogP contribution is -2.57. The fraction of sp³-hybridized carbons (Fsp3) is 0.667. The highest BCUT2D eigenvalue weighted by molar-refractivity contribution is 7.53. The standard InChI is InChI=1S/C24H34N3O3P/c28-24-23(31(29)30)25-21-13-6-7-14-22(21)27(24)20-15-18-11-8-12-19(16-20)26(18)17-9-4-2-1-3-5-10-17/h6-7,13-14,17-20,29-30H,1-5,8-12,15-16H2. The molecule has 2 saturated heterocycles. The largest absolute Gasteiger partial charge is 0.345 e. The normalized spacial score (nSPS) is 28.5. The number of piperidine rings is 2. The van der Waals surface area contributed by atoms with Gasteiger partial charge in [-0.2, -0.15) is 0 Å². The maximum absolute atomic E-state index is 13.3. The lowest BCUT2D eigenvalue weighted by Gasteiger charge is -2.53. The fourth-order valence-electron chi connectivity index (χ4n) is 6.56. The Morgan fingerprint density at radius 3 is 2.10 bits per heavy atom. The second-order valence-corrected chi connectivity index (χ2v) is 10.7. The molecule has 1 aliphatic carbocycles. The van der Waals surface area contributed by atoms with Gasteiger partial charge in [-0.15, -0.1) is 0 Å². The molecule has 2 unspecified atom stereocenters. The van der Waals surface area contributed by atoms with Crippen molar-refractivity contribution in [2.45, 2.75) is 101 Å². The third kappa shape index (κ3) is 4.20. The van der Waals surface area contributed by atoms with Crippen LogP contribution in [0.25, 0.3) is 11.0 Å². The lowest BCUT2D eigenvalue weighted by molar-refractivity contribution is -0.0246. The number of hydrogen-bond donors (Lipinski definition) is 2. The Morgan fingerprint density at radius 1 is 0.806 bits per heavy atom. The molecule has 7 heteroatoms. The minimum absolute atomic E-state index is 0.0919. The van der Waals surface area contributed by atoms with Crippen LogP contribution in [-0.4, -0.2) is 42.4 Å². The quantitative estimate of drug-likeness (QED) is 0.702. The fourth-order valence-corrected chi connectivity index (χ4v) is 7.04. The highest BCUT2D eigenvalue weighted by atomic mass is 31.2. The highest BCUT2D eigenvalue weighted by Crippen LogP contribution is 2.42. The first-order valence-electron chi connectivity index (χ1n) is 12.1. The molecule has 1 aromatic heterocycles. The van der Waals surface area contributed by atoms with Crippen LogP contribution in [0.15, 0.2) is 29.1 Å². The molecule has 1 saturated carbocycles. The van der Waals surface area contributed by atoms with E-state index in [-0.39, 0.29) is 17.0 Å². The maximum Gasteiger partial charge on any atom is 0.282 e. The molecule has 2 atom stereocenters. The molecule has 6 nitrogen and oxygen atoms in total. The van der Waals surface area contributed by atoms with Gasteiger partial charge in [-0.25, -0.2) is 4.98 Å². The molecule has 2 bridgehead atoms. The Morgan fingerprint density at radius 2 is 1.42 bits per heavy atom. The predicted molar refractivity (Wildman–Crippen MR) is 125 cm³/mol. The summed E-state index contributed by atoms with van der Waals surface area (Å²) in [5, 5.41) is 0. The van der Waals surface area contributed by atoms with Gasteiger partial charge in [0.05, 0.1) is 11.0 Å². The zero-order chi connectivity index (χ0) is 21.4. The van der Waals surface area contributed by atoms with Crippen molar-refractivity contribution < 1.29 is 9.79 Å². The van der Waals surface area contributed by atoms with E-state index in [4.69, 9.17) is 0 Å². The molecule has 3 heterocycles. The van der Waals surface area contributed by atoms with Crippen LogP contribution in [0.5, 0.6) is 0 Å². The van der Waals surface area contributed by atoms with Gasteiger partial charge in [0.25, 0.3) is 5.56 Å². The lowest BCUT2D eigenvalue weighted by atomic mass is 9.79. The summed E-state index contributed by atoms with van der Waals surface area (Å²) in [6.45, 7) is 0. The Bertz CT molecular complexity index is 956. The van der Waals surface area contributed by atoms with Crippen molar-refractivity contribution in [3.8, 4) is 0 Å². The zero-order valence-corrected chi connectivity index (χ0v) is 19.1. The van der Waals surface area contributed by atoms with Crippen molar-refractivity contribution in [1.82, 2.24) is 14.5 Å². The molecule has 5 rings (SSSR count). The van der Waals surface area contributed by atoms with E-state index in [1.54, 1.807) is 0 Å². The van der Waals surface area contributed by atoms with Gasteiger partial charge in [0, 0.05) is 24.2 Å². The van der Waals surface area contributed by atoms with Crippen LogP contribution >= 0.6 is 8.38 Å². The smallest absolute Gasteiger partial charge is 0.282 e. The van der Waals surface area contributed by atoms with Crippen molar-refractivity contribution in [2.75, 3.05) is 0 Å². The molecule has 0 radical (unpaired) electrons. The predicted octanol–water partition coefficient (Wildman–Crippen LogP) is 3.99. The van der Waals surface area contributed by atoms with Crippen LogP contribution in [0.4, 0.5) is 0 Å². The van der Waals surface area contributed by atoms with Gasteiger partial charge in [0.2, 0.25) is 8.38 Å². The Hall–Kier alpha value is -1.33. The van der Waals surface area contributed by atoms with Crippen molar-refractivity contribution in [1.29, 1.82) is 0 Å². The number of benzene rings is 1. The number of para-hydroxylation sites is 2. The molecule has 2 aromatic rings. The van der Waals surface area contributed by atoms with Crippen LogP contribution < -0.4 is 11.0 Å². The van der Waals surface area contributed by atoms with E-state index >= 15 is 0 Å². The van der Waals surface area contributed by atoms with Gasteiger partial charge < -0.3 is 14.4 Å². The van der Waals surface area contributed by atoms with Gasteiger partial charge in [-0.05, 0) is 50.7 Å². The van der Waals surface area contributed by atoms with Gasteiger partial charge in [-0.3, -0.25) is 9.69 Å². The molecule has 2 aliphatic heterocycles. The van der Waals surface area contributed by atoms with Gasteiger partial charge in [0.1, 0.15) is 0 Å². The second kappa shape index (κ2) is 9.27. The molecule has 3 aliphatic rings. The van der Waals surface area contributed by atoms with Crippen LogP contribution in [-0.2, 0) is 0 Å². The Balaban J connectivity index is 1.49. The Labute approximate surface area is 185 Å². The number of fused-ring (bicyclic) bond motifs is 3. The Kier molecular flexibility index (Phi) is 6.43. The van der Waals surface area contributed by atoms with Gasteiger partial charge in [-0.1, -0.05) is 50.7 Å². The molecule has 168 valence electrons. The van der Waals surface area contributed by atoms with E-state index in [0.29, 0.717) is 23.6 Å². The van der Waals surface area contributed by atoms with Crippen molar-refractivity contribution >= 4 is 24.8 Å². The number of hydrogen-bond acceptors (Lipinski definition) is 5. The van der Waals surface area contributed by atoms with Crippen LogP contribution in [0, 0.1) is 0 Å². The third-order valence-corrected chi connectivity index (χ3v) is 8.51. The minimum Gasteiger partial charge on any atom is -0.345 e. The SMILES string of the molecule is O=c1c(P(O)O)nc2ccccc2n1C1CC2CCCC(C1)N2C1CCCCCCC1. The van der Waals surface area contributed by atoms with Crippen LogP contribution in [0.2, 0.25) is 0 Å². The summed E-state index contributed by atoms with van der Waals surface area (Å²) in [6, 6.07) is 9.46. The van der Waals surface area contributed by atoms with Gasteiger partial charge >= 0.3 is 0 Å². The molecule has 3 fully saturated rings. The van der Waals surface area contributed by atoms with Gasteiger partial charge in [0.15, 0.2) is 5.44 Å². The first-order chi connectivity index (χ1) is 15.1. The molecule has 31 heavy (non-hydrogen) atoms. The highest BCUT2D eigenvalue weighted by Gasteiger charge is 2.42. The molecular weight excluding hydrogens is 409 g/mol. The number of nitrogens with zero attached hydrogens (tertiary/aromatic N) is 3. The number of rotatable bonds is 3. The van der Waals surface area contributed by atoms with Crippen LogP contribution in [0.1, 0.15) is 83.1 Å². The van der Waals surface area contributed by atoms with E-state index in [1.165, 1.54) is 64.2 Å². The summed E-state index contributed by atoms with van der Waals surface area (Å²) >= 11 is 0. The zero-order valence-electron chi connectivity index (χ0n) is 18.2. The molecular formula is C24H34N3O3P. The molecule has 2 N–H and O–H groups in total. The topological polar surface area (TPSA) is 78.6 Å². The summed E-state index contributed by atoms with van der Waals surface area (Å²) in [5.74, 6) is 0. The average Bonchev–Trinajstić information content (AvgIpc) is 2.72. The van der Waals surface area contributed by atoms with E-state index in [2.05, 4.69) is 9.88 Å². The second-order valence-electron chi connectivity index (χ2n) is 9.70. The van der Waals surface area contributed by atoms with Crippen molar-refractivity contribution in [3.05, 3.63) is 34.6 Å². The van der Waals surface area contributed by atoms with Crippen molar-refractivity contribution in [2.24, 2.45) is 0 Å². The molecule has 0 amide bonds.